The Hall–Kier alpha value is -3.06. The topological polar surface area (TPSA) is 69.7 Å². The molecule has 0 unspecified atom stereocenters. The average Bonchev–Trinajstić information content (AvgIpc) is 3.21. The van der Waals surface area contributed by atoms with E-state index >= 15 is 0 Å². The van der Waals surface area contributed by atoms with Gasteiger partial charge in [-0.25, -0.2) is 4.98 Å². The summed E-state index contributed by atoms with van der Waals surface area (Å²) in [5, 5.41) is 5.29. The zero-order valence-corrected chi connectivity index (χ0v) is 16.1. The predicted octanol–water partition coefficient (Wildman–Crippen LogP) is 3.77. The van der Waals surface area contributed by atoms with Crippen LogP contribution in [0.3, 0.4) is 0 Å². The van der Waals surface area contributed by atoms with Gasteiger partial charge in [-0.2, -0.15) is 0 Å². The highest BCUT2D eigenvalue weighted by Crippen LogP contribution is 2.38. The summed E-state index contributed by atoms with van der Waals surface area (Å²) in [5.74, 6) is 1.70. The van der Waals surface area contributed by atoms with Crippen LogP contribution in [0.5, 0.6) is 17.2 Å². The van der Waals surface area contributed by atoms with Crippen LogP contribution >= 0.6 is 11.3 Å². The highest BCUT2D eigenvalue weighted by atomic mass is 32.1. The van der Waals surface area contributed by atoms with Gasteiger partial charge < -0.3 is 19.5 Å². The molecule has 7 heteroatoms. The van der Waals surface area contributed by atoms with Crippen LogP contribution in [-0.4, -0.2) is 32.2 Å². The maximum Gasteiger partial charge on any atom is 0.271 e. The van der Waals surface area contributed by atoms with Crippen LogP contribution in [0.4, 0.5) is 0 Å². The summed E-state index contributed by atoms with van der Waals surface area (Å²) in [6, 6.07) is 13.1. The molecule has 1 heterocycles. The van der Waals surface area contributed by atoms with Crippen LogP contribution < -0.4 is 19.5 Å². The van der Waals surface area contributed by atoms with Crippen molar-refractivity contribution in [2.75, 3.05) is 21.3 Å². The van der Waals surface area contributed by atoms with Gasteiger partial charge in [-0.3, -0.25) is 4.79 Å². The van der Waals surface area contributed by atoms with Crippen LogP contribution in [0.2, 0.25) is 0 Å². The van der Waals surface area contributed by atoms with Gasteiger partial charge in [0.2, 0.25) is 0 Å². The monoisotopic (exact) mass is 384 g/mol. The number of aromatic nitrogens is 1. The fourth-order valence-corrected chi connectivity index (χ4v) is 3.49. The Morgan fingerprint density at radius 3 is 2.48 bits per heavy atom. The van der Waals surface area contributed by atoms with E-state index in [0.29, 0.717) is 28.7 Å². The van der Waals surface area contributed by atoms with Crippen LogP contribution in [0.25, 0.3) is 10.6 Å². The quantitative estimate of drug-likeness (QED) is 0.672. The zero-order valence-electron chi connectivity index (χ0n) is 15.3. The molecule has 0 saturated carbocycles. The molecule has 0 saturated heterocycles. The average molecular weight is 384 g/mol. The number of nitrogens with one attached hydrogen (secondary N) is 1. The van der Waals surface area contributed by atoms with Gasteiger partial charge in [0.25, 0.3) is 5.91 Å². The Labute approximate surface area is 161 Å². The minimum atomic E-state index is -0.245. The number of para-hydroxylation sites is 2. The highest BCUT2D eigenvalue weighted by Gasteiger charge is 2.17. The SMILES string of the molecule is COc1ccccc1CNC(=O)c1csc(-c2cccc(OC)c2OC)n1. The number of ether oxygens (including phenoxy) is 3. The van der Waals surface area contributed by atoms with Gasteiger partial charge in [0, 0.05) is 17.5 Å². The molecule has 1 aromatic heterocycles. The van der Waals surface area contributed by atoms with Gasteiger partial charge in [-0.05, 0) is 18.2 Å². The molecule has 1 amide bonds. The molecule has 0 aliphatic heterocycles. The summed E-state index contributed by atoms with van der Waals surface area (Å²) in [6.07, 6.45) is 0. The lowest BCUT2D eigenvalue weighted by Crippen LogP contribution is -2.23. The Morgan fingerprint density at radius 1 is 1.00 bits per heavy atom. The van der Waals surface area contributed by atoms with E-state index in [-0.39, 0.29) is 5.91 Å². The molecule has 3 rings (SSSR count). The van der Waals surface area contributed by atoms with Crippen molar-refractivity contribution in [1.29, 1.82) is 0 Å². The fraction of sp³-hybridized carbons (Fsp3) is 0.200. The molecule has 3 aromatic rings. The first kappa shape index (κ1) is 18.7. The molecule has 0 radical (unpaired) electrons. The number of carbonyl (C=O) groups excluding carboxylic acids is 1. The van der Waals surface area contributed by atoms with Crippen molar-refractivity contribution in [3.8, 4) is 27.8 Å². The third kappa shape index (κ3) is 4.03. The van der Waals surface area contributed by atoms with Crippen LogP contribution in [-0.2, 0) is 6.54 Å². The first-order valence-electron chi connectivity index (χ1n) is 8.25. The largest absolute Gasteiger partial charge is 0.496 e. The third-order valence-electron chi connectivity index (χ3n) is 4.00. The van der Waals surface area contributed by atoms with Crippen LogP contribution in [0.1, 0.15) is 16.1 Å². The molecule has 0 atom stereocenters. The number of hydrogen-bond acceptors (Lipinski definition) is 6. The van der Waals surface area contributed by atoms with Crippen molar-refractivity contribution in [3.63, 3.8) is 0 Å². The predicted molar refractivity (Wildman–Crippen MR) is 105 cm³/mol. The van der Waals surface area contributed by atoms with E-state index in [9.17, 15) is 4.79 Å². The fourth-order valence-electron chi connectivity index (χ4n) is 2.67. The number of hydrogen-bond donors (Lipinski definition) is 1. The van der Waals surface area contributed by atoms with Crippen molar-refractivity contribution in [1.82, 2.24) is 10.3 Å². The maximum absolute atomic E-state index is 12.5. The standard InChI is InChI=1S/C20H20N2O4S/c1-24-16-9-5-4-7-13(16)11-21-19(23)15-12-27-20(22-15)14-8-6-10-17(25-2)18(14)26-3/h4-10,12H,11H2,1-3H3,(H,21,23). The highest BCUT2D eigenvalue weighted by molar-refractivity contribution is 7.13. The lowest BCUT2D eigenvalue weighted by Gasteiger charge is -2.10. The number of rotatable bonds is 7. The summed E-state index contributed by atoms with van der Waals surface area (Å²) in [4.78, 5) is 16.9. The molecule has 0 aliphatic carbocycles. The van der Waals surface area contributed by atoms with Crippen molar-refractivity contribution in [2.45, 2.75) is 6.54 Å². The molecular weight excluding hydrogens is 364 g/mol. The molecule has 0 fully saturated rings. The second-order valence-electron chi connectivity index (χ2n) is 5.57. The van der Waals surface area contributed by atoms with E-state index in [0.717, 1.165) is 16.9 Å². The zero-order chi connectivity index (χ0) is 19.2. The van der Waals surface area contributed by atoms with Gasteiger partial charge >= 0.3 is 0 Å². The number of thiazole rings is 1. The van der Waals surface area contributed by atoms with Crippen molar-refractivity contribution >= 4 is 17.2 Å². The summed E-state index contributed by atoms with van der Waals surface area (Å²) in [5.41, 5.74) is 2.04. The Morgan fingerprint density at radius 2 is 1.74 bits per heavy atom. The first-order valence-corrected chi connectivity index (χ1v) is 9.13. The molecule has 140 valence electrons. The molecule has 0 spiro atoms. The number of methoxy groups -OCH3 is 3. The van der Waals surface area contributed by atoms with Crippen LogP contribution in [0, 0.1) is 0 Å². The second kappa shape index (κ2) is 8.55. The molecule has 2 aromatic carbocycles. The van der Waals surface area contributed by atoms with Gasteiger partial charge in [0.15, 0.2) is 11.5 Å². The number of amides is 1. The van der Waals surface area contributed by atoms with E-state index in [1.807, 2.05) is 42.5 Å². The van der Waals surface area contributed by atoms with Crippen molar-refractivity contribution in [2.24, 2.45) is 0 Å². The lowest BCUT2D eigenvalue weighted by molar-refractivity contribution is 0.0946. The van der Waals surface area contributed by atoms with E-state index in [1.54, 1.807) is 26.7 Å². The minimum absolute atomic E-state index is 0.245. The van der Waals surface area contributed by atoms with Crippen molar-refractivity contribution < 1.29 is 19.0 Å². The first-order chi connectivity index (χ1) is 13.2. The van der Waals surface area contributed by atoms with E-state index in [2.05, 4.69) is 10.3 Å². The third-order valence-corrected chi connectivity index (χ3v) is 4.88. The van der Waals surface area contributed by atoms with Gasteiger partial charge in [0.05, 0.1) is 26.9 Å². The van der Waals surface area contributed by atoms with E-state index in [1.165, 1.54) is 11.3 Å². The lowest BCUT2D eigenvalue weighted by atomic mass is 10.2. The van der Waals surface area contributed by atoms with E-state index in [4.69, 9.17) is 14.2 Å². The Kier molecular flexibility index (Phi) is 5.93. The summed E-state index contributed by atoms with van der Waals surface area (Å²) in [7, 11) is 4.77. The molecule has 0 bridgehead atoms. The van der Waals surface area contributed by atoms with Gasteiger partial charge in [0.1, 0.15) is 16.5 Å². The van der Waals surface area contributed by atoms with Gasteiger partial charge in [-0.1, -0.05) is 24.3 Å². The Bertz CT molecular complexity index is 939. The normalized spacial score (nSPS) is 10.3. The molecule has 1 N–H and O–H groups in total. The number of nitrogens with zero attached hydrogens (tertiary/aromatic N) is 1. The second-order valence-corrected chi connectivity index (χ2v) is 6.43. The van der Waals surface area contributed by atoms with Crippen LogP contribution in [0.15, 0.2) is 47.8 Å². The maximum atomic E-state index is 12.5. The summed E-state index contributed by atoms with van der Waals surface area (Å²) in [6.45, 7) is 0.359. The summed E-state index contributed by atoms with van der Waals surface area (Å²) >= 11 is 1.38. The molecule has 27 heavy (non-hydrogen) atoms. The van der Waals surface area contributed by atoms with Crippen molar-refractivity contribution in [3.05, 3.63) is 59.1 Å². The minimum Gasteiger partial charge on any atom is -0.496 e. The number of carbonyl (C=O) groups is 1. The Balaban J connectivity index is 1.77. The smallest absolute Gasteiger partial charge is 0.271 e. The van der Waals surface area contributed by atoms with E-state index < -0.39 is 0 Å². The molecule has 0 aliphatic rings. The summed E-state index contributed by atoms with van der Waals surface area (Å²) < 4.78 is 16.1. The van der Waals surface area contributed by atoms with Gasteiger partial charge in [-0.15, -0.1) is 11.3 Å². The number of benzene rings is 2. The molecule has 6 nitrogen and oxygen atoms in total. The molecular formula is C20H20N2O4S.